The number of rotatable bonds is 1. The smallest absolute Gasteiger partial charge is 0.248 e. The van der Waals surface area contributed by atoms with Gasteiger partial charge in [-0.1, -0.05) is 0 Å². The summed E-state index contributed by atoms with van der Waals surface area (Å²) in [5.41, 5.74) is 0. The van der Waals surface area contributed by atoms with E-state index in [4.69, 9.17) is 0 Å². The summed E-state index contributed by atoms with van der Waals surface area (Å²) in [6, 6.07) is 0.333. The summed E-state index contributed by atoms with van der Waals surface area (Å²) in [5.74, 6) is -2.39. The Morgan fingerprint density at radius 3 is 2.20 bits per heavy atom. The van der Waals surface area contributed by atoms with Gasteiger partial charge in [-0.05, 0) is 0 Å². The van der Waals surface area contributed by atoms with Gasteiger partial charge in [-0.3, -0.25) is 0 Å². The molecule has 0 aliphatic heterocycles. The second-order valence-electron chi connectivity index (χ2n) is 2.93. The van der Waals surface area contributed by atoms with Crippen molar-refractivity contribution < 1.29 is 14.1 Å². The maximum Gasteiger partial charge on any atom is 0.248 e. The lowest BCUT2D eigenvalue weighted by Gasteiger charge is -2.27. The highest BCUT2D eigenvalue weighted by Crippen LogP contribution is 2.31. The average molecular weight is 149 g/mol. The molecule has 3 heteroatoms. The minimum absolute atomic E-state index is 0.0453. The zero-order chi connectivity index (χ0) is 7.61. The monoisotopic (exact) mass is 149 g/mol. The zero-order valence-corrected chi connectivity index (χ0v) is 5.95. The number of hydrogen-bond donors (Lipinski definition) is 1. The normalized spacial score (nSPS) is 26.7. The molecule has 0 unspecified atom stereocenters. The van der Waals surface area contributed by atoms with Gasteiger partial charge in [-0.2, -0.15) is 7.05 Å². The van der Waals surface area contributed by atoms with Crippen molar-refractivity contribution in [1.82, 2.24) is 0 Å². The van der Waals surface area contributed by atoms with Crippen molar-refractivity contribution in [2.75, 3.05) is 0 Å². The second kappa shape index (κ2) is 2.82. The fourth-order valence-corrected chi connectivity index (χ4v) is 1.30. The van der Waals surface area contributed by atoms with Gasteiger partial charge in [-0.15, -0.1) is 0 Å². The fraction of sp³-hybridized carbons (Fsp3) is 0.857. The molecule has 1 rings (SSSR count). The third-order valence-electron chi connectivity index (χ3n) is 2.10. The van der Waals surface area contributed by atoms with E-state index in [1.54, 1.807) is 5.32 Å². The number of nitrogens with two attached hydrogens (primary N) is 1. The highest BCUT2D eigenvalue weighted by Gasteiger charge is 2.34. The number of quaternary nitrogens is 1. The van der Waals surface area contributed by atoms with Crippen LogP contribution in [-0.2, 0) is 0 Å². The van der Waals surface area contributed by atoms with Crippen LogP contribution in [0.4, 0.5) is 8.78 Å². The zero-order valence-electron chi connectivity index (χ0n) is 5.95. The molecule has 0 aromatic carbocycles. The Morgan fingerprint density at radius 2 is 1.80 bits per heavy atom. The van der Waals surface area contributed by atoms with Gasteiger partial charge in [0.2, 0.25) is 5.92 Å². The van der Waals surface area contributed by atoms with E-state index in [0.717, 1.165) is 0 Å². The van der Waals surface area contributed by atoms with Gasteiger partial charge in [0.1, 0.15) is 0 Å². The predicted octanol–water partition coefficient (Wildman–Crippen LogP) is 0.919. The number of hydrogen-bond acceptors (Lipinski definition) is 0. The van der Waals surface area contributed by atoms with E-state index in [9.17, 15) is 8.78 Å². The van der Waals surface area contributed by atoms with Gasteiger partial charge in [0.25, 0.3) is 0 Å². The molecule has 0 radical (unpaired) electrons. The van der Waals surface area contributed by atoms with Crippen LogP contribution >= 0.6 is 0 Å². The highest BCUT2D eigenvalue weighted by atomic mass is 19.3. The van der Waals surface area contributed by atoms with E-state index in [1.807, 2.05) is 0 Å². The molecule has 1 aliphatic rings. The van der Waals surface area contributed by atoms with Crippen LogP contribution in [0.25, 0.3) is 0 Å². The van der Waals surface area contributed by atoms with E-state index < -0.39 is 5.92 Å². The van der Waals surface area contributed by atoms with E-state index in [-0.39, 0.29) is 12.8 Å². The van der Waals surface area contributed by atoms with Gasteiger partial charge >= 0.3 is 0 Å². The van der Waals surface area contributed by atoms with Crippen LogP contribution in [0.3, 0.4) is 0 Å². The Morgan fingerprint density at radius 1 is 1.30 bits per heavy atom. The molecule has 60 valence electrons. The van der Waals surface area contributed by atoms with E-state index in [0.29, 0.717) is 18.9 Å². The molecule has 0 atom stereocenters. The molecular formula is C7H13F2N. The number of halogens is 2. The molecule has 10 heavy (non-hydrogen) atoms. The Hall–Kier alpha value is -0.180. The molecule has 0 aromatic rings. The summed E-state index contributed by atoms with van der Waals surface area (Å²) in [4.78, 5) is 0. The molecule has 1 saturated carbocycles. The molecule has 1 fully saturated rings. The summed E-state index contributed by atoms with van der Waals surface area (Å²) in [7, 11) is 3.59. The molecule has 1 nitrogen and oxygen atoms in total. The Kier molecular flexibility index (Phi) is 2.24. The van der Waals surface area contributed by atoms with E-state index >= 15 is 0 Å². The van der Waals surface area contributed by atoms with Gasteiger partial charge in [0.05, 0.1) is 6.04 Å². The van der Waals surface area contributed by atoms with Crippen LogP contribution in [0, 0.1) is 7.05 Å². The van der Waals surface area contributed by atoms with Crippen molar-refractivity contribution >= 4 is 0 Å². The summed E-state index contributed by atoms with van der Waals surface area (Å²) in [5, 5.41) is 1.79. The Bertz CT molecular complexity index is 104. The summed E-state index contributed by atoms with van der Waals surface area (Å²) in [6.45, 7) is 0. The molecule has 1 aliphatic carbocycles. The highest BCUT2D eigenvalue weighted by molar-refractivity contribution is 4.76. The molecule has 0 saturated heterocycles. The van der Waals surface area contributed by atoms with Crippen molar-refractivity contribution in [3.63, 3.8) is 0 Å². The lowest BCUT2D eigenvalue weighted by molar-refractivity contribution is -0.638. The standard InChI is InChI=1S/C7H13F2N/c1-10-6-2-4-7(8,9)5-3-6/h6H,1-5,10H2. The quantitative estimate of drug-likeness (QED) is 0.534. The van der Waals surface area contributed by atoms with Crippen molar-refractivity contribution in [1.29, 1.82) is 0 Å². The van der Waals surface area contributed by atoms with Crippen LogP contribution in [-0.4, -0.2) is 12.0 Å². The van der Waals surface area contributed by atoms with Crippen molar-refractivity contribution in [2.45, 2.75) is 37.6 Å². The Balaban J connectivity index is 2.31. The van der Waals surface area contributed by atoms with E-state index in [1.165, 1.54) is 0 Å². The van der Waals surface area contributed by atoms with Gasteiger partial charge in [0, 0.05) is 25.7 Å². The minimum Gasteiger partial charge on any atom is -0.476 e. The fourth-order valence-electron chi connectivity index (χ4n) is 1.30. The molecule has 0 amide bonds. The lowest BCUT2D eigenvalue weighted by atomic mass is 9.92. The summed E-state index contributed by atoms with van der Waals surface area (Å²) < 4.78 is 25.0. The van der Waals surface area contributed by atoms with Crippen molar-refractivity contribution in [3.8, 4) is 0 Å². The first-order valence-corrected chi connectivity index (χ1v) is 3.64. The largest absolute Gasteiger partial charge is 0.476 e. The topological polar surface area (TPSA) is 16.6 Å². The number of alkyl halides is 2. The lowest BCUT2D eigenvalue weighted by Crippen LogP contribution is -2.84. The van der Waals surface area contributed by atoms with Gasteiger partial charge in [0.15, 0.2) is 0 Å². The van der Waals surface area contributed by atoms with Crippen LogP contribution in [0.2, 0.25) is 0 Å². The van der Waals surface area contributed by atoms with Crippen molar-refractivity contribution in [2.24, 2.45) is 0 Å². The molecule has 0 spiro atoms. The maximum atomic E-state index is 12.5. The van der Waals surface area contributed by atoms with Gasteiger partial charge < -0.3 is 5.32 Å². The van der Waals surface area contributed by atoms with E-state index in [2.05, 4.69) is 7.05 Å². The van der Waals surface area contributed by atoms with Crippen LogP contribution in [0.15, 0.2) is 0 Å². The maximum absolute atomic E-state index is 12.5. The van der Waals surface area contributed by atoms with Crippen LogP contribution in [0.5, 0.6) is 0 Å². The molecule has 2 N–H and O–H groups in total. The van der Waals surface area contributed by atoms with Gasteiger partial charge in [-0.25, -0.2) is 8.78 Å². The van der Waals surface area contributed by atoms with Crippen LogP contribution in [0.1, 0.15) is 25.7 Å². The second-order valence-corrected chi connectivity index (χ2v) is 2.93. The third kappa shape index (κ3) is 1.90. The Labute approximate surface area is 59.8 Å². The SMILES string of the molecule is [CH2-][NH2+]C1CCC(F)(F)CC1. The first-order chi connectivity index (χ1) is 4.64. The molecule has 0 aromatic heterocycles. The van der Waals surface area contributed by atoms with Crippen LogP contribution < -0.4 is 5.32 Å². The average Bonchev–Trinajstić information content (AvgIpc) is 1.88. The minimum atomic E-state index is -2.39. The first kappa shape index (κ1) is 7.92. The molecule has 0 bridgehead atoms. The predicted molar refractivity (Wildman–Crippen MR) is 34.5 cm³/mol. The van der Waals surface area contributed by atoms with Crippen molar-refractivity contribution in [3.05, 3.63) is 7.05 Å². The summed E-state index contributed by atoms with van der Waals surface area (Å²) in [6.07, 6.45) is 1.31. The third-order valence-corrected chi connectivity index (χ3v) is 2.10. The molecule has 0 heterocycles. The summed E-state index contributed by atoms with van der Waals surface area (Å²) >= 11 is 0. The first-order valence-electron chi connectivity index (χ1n) is 3.64. The molecular weight excluding hydrogens is 136 g/mol.